The van der Waals surface area contributed by atoms with Crippen LogP contribution in [0.2, 0.25) is 5.02 Å². The Morgan fingerprint density at radius 3 is 2.62 bits per heavy atom. The molecular weight excluding hydrogens is 284 g/mol. The molecule has 0 saturated heterocycles. The van der Waals surface area contributed by atoms with Crippen molar-refractivity contribution < 1.29 is 0 Å². The number of benzene rings is 1. The zero-order valence-electron chi connectivity index (χ0n) is 12.7. The van der Waals surface area contributed by atoms with E-state index in [1.807, 2.05) is 37.3 Å². The molecule has 112 valence electrons. The molecule has 2 rings (SSSR count). The predicted octanol–water partition coefficient (Wildman–Crippen LogP) is 4.12. The summed E-state index contributed by atoms with van der Waals surface area (Å²) < 4.78 is 0. The van der Waals surface area contributed by atoms with E-state index in [0.29, 0.717) is 18.4 Å². The third-order valence-corrected chi connectivity index (χ3v) is 3.31. The van der Waals surface area contributed by atoms with E-state index in [-0.39, 0.29) is 0 Å². The number of nitrogens with zero attached hydrogens (tertiary/aromatic N) is 2. The van der Waals surface area contributed by atoms with Crippen LogP contribution in [-0.2, 0) is 6.54 Å². The fraction of sp³-hybridized carbons (Fsp3) is 0.375. The number of rotatable bonds is 6. The summed E-state index contributed by atoms with van der Waals surface area (Å²) in [6.45, 7) is 7.78. The van der Waals surface area contributed by atoms with Gasteiger partial charge in [0.05, 0.1) is 0 Å². The van der Waals surface area contributed by atoms with Crippen LogP contribution in [0.1, 0.15) is 25.1 Å². The van der Waals surface area contributed by atoms with E-state index in [1.165, 1.54) is 0 Å². The molecule has 0 radical (unpaired) electrons. The number of nitrogens with one attached hydrogen (secondary N) is 2. The lowest BCUT2D eigenvalue weighted by molar-refractivity contribution is 0.686. The minimum absolute atomic E-state index is 0.569. The Hall–Kier alpha value is -1.81. The second kappa shape index (κ2) is 7.27. The van der Waals surface area contributed by atoms with E-state index in [9.17, 15) is 0 Å². The first-order chi connectivity index (χ1) is 10.0. The average molecular weight is 305 g/mol. The molecule has 4 nitrogen and oxygen atoms in total. The highest BCUT2D eigenvalue weighted by Crippen LogP contribution is 2.17. The molecule has 2 N–H and O–H groups in total. The Bertz CT molecular complexity index is 599. The molecule has 0 saturated carbocycles. The van der Waals surface area contributed by atoms with Gasteiger partial charge < -0.3 is 10.6 Å². The van der Waals surface area contributed by atoms with Crippen molar-refractivity contribution in [3.05, 3.63) is 46.6 Å². The molecule has 5 heteroatoms. The van der Waals surface area contributed by atoms with Gasteiger partial charge in [-0.15, -0.1) is 0 Å². The van der Waals surface area contributed by atoms with Crippen molar-refractivity contribution in [2.24, 2.45) is 5.92 Å². The predicted molar refractivity (Wildman–Crippen MR) is 88.9 cm³/mol. The molecule has 0 aliphatic rings. The molecule has 0 atom stereocenters. The number of anilines is 2. The topological polar surface area (TPSA) is 49.8 Å². The maximum Gasteiger partial charge on any atom is 0.225 e. The third kappa shape index (κ3) is 4.90. The van der Waals surface area contributed by atoms with Crippen molar-refractivity contribution >= 4 is 23.4 Å². The summed E-state index contributed by atoms with van der Waals surface area (Å²) in [5.41, 5.74) is 1.96. The van der Waals surface area contributed by atoms with E-state index >= 15 is 0 Å². The summed E-state index contributed by atoms with van der Waals surface area (Å²) in [5.74, 6) is 2.03. The minimum atomic E-state index is 0.569. The van der Waals surface area contributed by atoms with Crippen molar-refractivity contribution in [2.75, 3.05) is 17.2 Å². The van der Waals surface area contributed by atoms with E-state index in [1.54, 1.807) is 0 Å². The van der Waals surface area contributed by atoms with Crippen LogP contribution in [0.4, 0.5) is 11.8 Å². The molecule has 2 aromatic rings. The molecule has 0 unspecified atom stereocenters. The van der Waals surface area contributed by atoms with E-state index < -0.39 is 0 Å². The van der Waals surface area contributed by atoms with Crippen molar-refractivity contribution in [2.45, 2.75) is 27.3 Å². The zero-order valence-corrected chi connectivity index (χ0v) is 13.4. The Labute approximate surface area is 131 Å². The first kappa shape index (κ1) is 15.6. The Morgan fingerprint density at radius 1 is 1.14 bits per heavy atom. The summed E-state index contributed by atoms with van der Waals surface area (Å²) in [6, 6.07) is 9.70. The maximum atomic E-state index is 6.14. The quantitative estimate of drug-likeness (QED) is 0.843. The number of hydrogen-bond donors (Lipinski definition) is 2. The Kier molecular flexibility index (Phi) is 5.39. The van der Waals surface area contributed by atoms with Crippen LogP contribution < -0.4 is 10.6 Å². The number of aryl methyl sites for hydroxylation is 1. The number of aromatic nitrogens is 2. The SMILES string of the molecule is Cc1cc(NCC(C)C)nc(NCc2ccccc2Cl)n1. The van der Waals surface area contributed by atoms with Crippen molar-refractivity contribution in [1.82, 2.24) is 9.97 Å². The second-order valence-electron chi connectivity index (χ2n) is 5.44. The van der Waals surface area contributed by atoms with Crippen LogP contribution in [-0.4, -0.2) is 16.5 Å². The molecule has 1 heterocycles. The molecule has 0 amide bonds. The average Bonchev–Trinajstić information content (AvgIpc) is 2.44. The van der Waals surface area contributed by atoms with Crippen molar-refractivity contribution in [3.8, 4) is 0 Å². The normalized spacial score (nSPS) is 10.7. The van der Waals surface area contributed by atoms with Crippen LogP contribution in [0.15, 0.2) is 30.3 Å². The monoisotopic (exact) mass is 304 g/mol. The van der Waals surface area contributed by atoms with E-state index in [4.69, 9.17) is 11.6 Å². The van der Waals surface area contributed by atoms with Gasteiger partial charge in [0, 0.05) is 29.9 Å². The van der Waals surface area contributed by atoms with E-state index in [2.05, 4.69) is 34.4 Å². The fourth-order valence-corrected chi connectivity index (χ4v) is 2.07. The van der Waals surface area contributed by atoms with Crippen LogP contribution in [0.3, 0.4) is 0 Å². The van der Waals surface area contributed by atoms with Crippen LogP contribution in [0.5, 0.6) is 0 Å². The van der Waals surface area contributed by atoms with Gasteiger partial charge in [-0.05, 0) is 24.5 Å². The highest BCUT2D eigenvalue weighted by Gasteiger charge is 2.04. The molecular formula is C16H21ClN4. The molecule has 1 aromatic carbocycles. The summed E-state index contributed by atoms with van der Waals surface area (Å²) in [7, 11) is 0. The fourth-order valence-electron chi connectivity index (χ4n) is 1.86. The lowest BCUT2D eigenvalue weighted by atomic mass is 10.2. The van der Waals surface area contributed by atoms with Gasteiger partial charge in [0.1, 0.15) is 5.82 Å². The largest absolute Gasteiger partial charge is 0.370 e. The van der Waals surface area contributed by atoms with E-state index in [0.717, 1.165) is 28.6 Å². The molecule has 0 bridgehead atoms. The number of halogens is 1. The summed E-state index contributed by atoms with van der Waals surface area (Å²) >= 11 is 6.14. The zero-order chi connectivity index (χ0) is 15.2. The molecule has 0 spiro atoms. The van der Waals surface area contributed by atoms with Gasteiger partial charge in [0.25, 0.3) is 0 Å². The van der Waals surface area contributed by atoms with Gasteiger partial charge in [0.15, 0.2) is 0 Å². The summed E-state index contributed by atoms with van der Waals surface area (Å²) in [5, 5.41) is 7.29. The molecule has 0 aliphatic carbocycles. The first-order valence-electron chi connectivity index (χ1n) is 7.11. The highest BCUT2D eigenvalue weighted by atomic mass is 35.5. The molecule has 0 aliphatic heterocycles. The van der Waals surface area contributed by atoms with Gasteiger partial charge >= 0.3 is 0 Å². The lowest BCUT2D eigenvalue weighted by Crippen LogP contribution is -2.11. The van der Waals surface area contributed by atoms with Gasteiger partial charge in [-0.3, -0.25) is 0 Å². The van der Waals surface area contributed by atoms with Gasteiger partial charge in [0.2, 0.25) is 5.95 Å². The summed E-state index contributed by atoms with van der Waals surface area (Å²) in [4.78, 5) is 8.87. The first-order valence-corrected chi connectivity index (χ1v) is 7.49. The molecule has 0 fully saturated rings. The highest BCUT2D eigenvalue weighted by molar-refractivity contribution is 6.31. The number of hydrogen-bond acceptors (Lipinski definition) is 4. The second-order valence-corrected chi connectivity index (χ2v) is 5.85. The minimum Gasteiger partial charge on any atom is -0.370 e. The standard InChI is InChI=1S/C16H21ClN4/c1-11(2)9-18-15-8-12(3)20-16(21-15)19-10-13-6-4-5-7-14(13)17/h4-8,11H,9-10H2,1-3H3,(H2,18,19,20,21). The van der Waals surface area contributed by atoms with Crippen molar-refractivity contribution in [3.63, 3.8) is 0 Å². The Balaban J connectivity index is 2.04. The van der Waals surface area contributed by atoms with Gasteiger partial charge in [-0.25, -0.2) is 4.98 Å². The van der Waals surface area contributed by atoms with Crippen LogP contribution in [0.25, 0.3) is 0 Å². The smallest absolute Gasteiger partial charge is 0.225 e. The lowest BCUT2D eigenvalue weighted by Gasteiger charge is -2.11. The molecule has 1 aromatic heterocycles. The van der Waals surface area contributed by atoms with Crippen LogP contribution >= 0.6 is 11.6 Å². The Morgan fingerprint density at radius 2 is 1.90 bits per heavy atom. The third-order valence-electron chi connectivity index (χ3n) is 2.94. The van der Waals surface area contributed by atoms with Crippen LogP contribution in [0, 0.1) is 12.8 Å². The maximum absolute atomic E-state index is 6.14. The van der Waals surface area contributed by atoms with Gasteiger partial charge in [-0.1, -0.05) is 43.6 Å². The van der Waals surface area contributed by atoms with Crippen molar-refractivity contribution in [1.29, 1.82) is 0 Å². The summed E-state index contributed by atoms with van der Waals surface area (Å²) in [6.07, 6.45) is 0. The van der Waals surface area contributed by atoms with Gasteiger partial charge in [-0.2, -0.15) is 4.98 Å². The molecule has 21 heavy (non-hydrogen) atoms.